The smallest absolute Gasteiger partial charge is 0.0299 e. The number of likely N-dealkylation sites (N-methyl/N-ethyl adjacent to an activating group) is 2. The molecule has 15 heavy (non-hydrogen) atoms. The summed E-state index contributed by atoms with van der Waals surface area (Å²) in [4.78, 5) is 2.13. The summed E-state index contributed by atoms with van der Waals surface area (Å²) in [6.07, 6.45) is 4.07. The van der Waals surface area contributed by atoms with E-state index in [0.29, 0.717) is 5.92 Å². The van der Waals surface area contributed by atoms with E-state index in [9.17, 15) is 0 Å². The van der Waals surface area contributed by atoms with E-state index >= 15 is 0 Å². The van der Waals surface area contributed by atoms with E-state index in [4.69, 9.17) is 0 Å². The summed E-state index contributed by atoms with van der Waals surface area (Å²) in [5.41, 5.74) is 2.16. The lowest BCUT2D eigenvalue weighted by Crippen LogP contribution is -2.25. The van der Waals surface area contributed by atoms with E-state index < -0.39 is 0 Å². The van der Waals surface area contributed by atoms with Gasteiger partial charge in [-0.2, -0.15) is 0 Å². The van der Waals surface area contributed by atoms with Crippen LogP contribution in [0.3, 0.4) is 0 Å². The zero-order valence-electron chi connectivity index (χ0n) is 10.5. The van der Waals surface area contributed by atoms with Crippen LogP contribution in [0.4, 0.5) is 0 Å². The molecule has 2 heteroatoms. The molecule has 0 aliphatic carbocycles. The summed E-state index contributed by atoms with van der Waals surface area (Å²) in [5, 5.41) is 3.11. The molecule has 0 bridgehead atoms. The highest BCUT2D eigenvalue weighted by Crippen LogP contribution is 2.09. The Balaban J connectivity index is 4.06. The van der Waals surface area contributed by atoms with Crippen molar-refractivity contribution in [1.82, 2.24) is 10.2 Å². The summed E-state index contributed by atoms with van der Waals surface area (Å²) >= 11 is 0. The fourth-order valence-corrected chi connectivity index (χ4v) is 0.946. The van der Waals surface area contributed by atoms with E-state index in [1.807, 2.05) is 26.2 Å². The molecule has 0 aromatic heterocycles. The Hall–Kier alpha value is -1.02. The van der Waals surface area contributed by atoms with Gasteiger partial charge >= 0.3 is 0 Å². The maximum absolute atomic E-state index is 4.01. The normalized spacial score (nSPS) is 11.0. The lowest BCUT2D eigenvalue weighted by atomic mass is 10.1. The van der Waals surface area contributed by atoms with E-state index in [1.165, 1.54) is 0 Å². The third-order valence-corrected chi connectivity index (χ3v) is 2.42. The van der Waals surface area contributed by atoms with Gasteiger partial charge in [-0.05, 0) is 19.0 Å². The predicted molar refractivity (Wildman–Crippen MR) is 68.8 cm³/mol. The van der Waals surface area contributed by atoms with Crippen molar-refractivity contribution in [2.75, 3.05) is 27.2 Å². The molecule has 1 N–H and O–H groups in total. The van der Waals surface area contributed by atoms with Crippen molar-refractivity contribution >= 4 is 0 Å². The SMILES string of the molecule is C=C(/C=C\C(=C)N(C)CCNC)C(C)C. The molecule has 0 saturated carbocycles. The molecule has 0 aromatic rings. The van der Waals surface area contributed by atoms with E-state index in [2.05, 4.69) is 37.2 Å². The van der Waals surface area contributed by atoms with Gasteiger partial charge < -0.3 is 10.2 Å². The van der Waals surface area contributed by atoms with Gasteiger partial charge in [-0.3, -0.25) is 0 Å². The van der Waals surface area contributed by atoms with Crippen molar-refractivity contribution in [3.8, 4) is 0 Å². The standard InChI is InChI=1S/C13H24N2/c1-11(2)12(3)7-8-13(4)15(6)10-9-14-5/h7-8,11,14H,3-4,9-10H2,1-2,5-6H3/b8-7-. The average Bonchev–Trinajstić information content (AvgIpc) is 2.21. The Labute approximate surface area is 94.4 Å². The number of allylic oxidation sites excluding steroid dienone is 3. The van der Waals surface area contributed by atoms with E-state index in [0.717, 1.165) is 24.4 Å². The van der Waals surface area contributed by atoms with Crippen LogP contribution in [-0.4, -0.2) is 32.1 Å². The Kier molecular flexibility index (Phi) is 6.80. The van der Waals surface area contributed by atoms with Crippen molar-refractivity contribution in [3.63, 3.8) is 0 Å². The molecule has 0 spiro atoms. The molecule has 2 nitrogen and oxygen atoms in total. The van der Waals surface area contributed by atoms with Crippen LogP contribution in [0, 0.1) is 5.92 Å². The molecule has 0 atom stereocenters. The Bertz CT molecular complexity index is 239. The quantitative estimate of drug-likeness (QED) is 0.646. The first-order valence-electron chi connectivity index (χ1n) is 5.40. The molecular weight excluding hydrogens is 184 g/mol. The van der Waals surface area contributed by atoms with Gasteiger partial charge in [0.05, 0.1) is 0 Å². The average molecular weight is 208 g/mol. The molecule has 0 amide bonds. The first-order valence-corrected chi connectivity index (χ1v) is 5.40. The van der Waals surface area contributed by atoms with Gasteiger partial charge in [0, 0.05) is 25.8 Å². The minimum atomic E-state index is 0.497. The minimum absolute atomic E-state index is 0.497. The van der Waals surface area contributed by atoms with Crippen LogP contribution in [0.25, 0.3) is 0 Å². The first-order chi connectivity index (χ1) is 6.99. The van der Waals surface area contributed by atoms with Gasteiger partial charge in [-0.15, -0.1) is 0 Å². The number of hydrogen-bond donors (Lipinski definition) is 1. The van der Waals surface area contributed by atoms with Crippen LogP contribution in [-0.2, 0) is 0 Å². The monoisotopic (exact) mass is 208 g/mol. The molecule has 0 rings (SSSR count). The molecule has 0 unspecified atom stereocenters. The largest absolute Gasteiger partial charge is 0.374 e. The fraction of sp³-hybridized carbons (Fsp3) is 0.538. The van der Waals surface area contributed by atoms with Gasteiger partial charge in [0.1, 0.15) is 0 Å². The molecule has 0 aliphatic heterocycles. The van der Waals surface area contributed by atoms with Gasteiger partial charge in [0.25, 0.3) is 0 Å². The highest BCUT2D eigenvalue weighted by molar-refractivity contribution is 5.24. The summed E-state index contributed by atoms with van der Waals surface area (Å²) in [5.74, 6) is 0.497. The second kappa shape index (κ2) is 7.30. The first kappa shape index (κ1) is 14.0. The van der Waals surface area contributed by atoms with Gasteiger partial charge in [0.2, 0.25) is 0 Å². The van der Waals surface area contributed by atoms with Crippen LogP contribution in [0.15, 0.2) is 36.6 Å². The molecule has 0 aromatic carbocycles. The Morgan fingerprint density at radius 1 is 1.33 bits per heavy atom. The van der Waals surface area contributed by atoms with Crippen LogP contribution < -0.4 is 5.32 Å². The fourth-order valence-electron chi connectivity index (χ4n) is 0.946. The molecule has 0 radical (unpaired) electrons. The maximum atomic E-state index is 4.01. The molecule has 0 fully saturated rings. The predicted octanol–water partition coefficient (Wildman–Crippen LogP) is 2.42. The van der Waals surface area contributed by atoms with Crippen LogP contribution in [0.5, 0.6) is 0 Å². The number of nitrogens with zero attached hydrogens (tertiary/aromatic N) is 1. The number of rotatable bonds is 7. The lowest BCUT2D eigenvalue weighted by Gasteiger charge is -2.19. The number of nitrogens with one attached hydrogen (secondary N) is 1. The topological polar surface area (TPSA) is 15.3 Å². The third-order valence-electron chi connectivity index (χ3n) is 2.42. The highest BCUT2D eigenvalue weighted by Gasteiger charge is 1.98. The molecule has 0 saturated heterocycles. The van der Waals surface area contributed by atoms with Gasteiger partial charge in [-0.25, -0.2) is 0 Å². The van der Waals surface area contributed by atoms with Crippen LogP contribution in [0.1, 0.15) is 13.8 Å². The molecule has 0 aliphatic rings. The van der Waals surface area contributed by atoms with Crippen molar-refractivity contribution in [3.05, 3.63) is 36.6 Å². The minimum Gasteiger partial charge on any atom is -0.374 e. The lowest BCUT2D eigenvalue weighted by molar-refractivity contribution is 0.429. The zero-order chi connectivity index (χ0) is 11.8. The third kappa shape index (κ3) is 6.13. The van der Waals surface area contributed by atoms with Gasteiger partial charge in [0.15, 0.2) is 0 Å². The Morgan fingerprint density at radius 2 is 1.93 bits per heavy atom. The van der Waals surface area contributed by atoms with Crippen LogP contribution >= 0.6 is 0 Å². The summed E-state index contributed by atoms with van der Waals surface area (Å²) < 4.78 is 0. The Morgan fingerprint density at radius 3 is 2.40 bits per heavy atom. The summed E-state index contributed by atoms with van der Waals surface area (Å²) in [6, 6.07) is 0. The summed E-state index contributed by atoms with van der Waals surface area (Å²) in [6.45, 7) is 14.2. The van der Waals surface area contributed by atoms with E-state index in [-0.39, 0.29) is 0 Å². The van der Waals surface area contributed by atoms with Crippen LogP contribution in [0.2, 0.25) is 0 Å². The molecule has 86 valence electrons. The van der Waals surface area contributed by atoms with Crippen molar-refractivity contribution in [2.45, 2.75) is 13.8 Å². The van der Waals surface area contributed by atoms with Crippen molar-refractivity contribution in [1.29, 1.82) is 0 Å². The molecule has 0 heterocycles. The van der Waals surface area contributed by atoms with Crippen molar-refractivity contribution in [2.24, 2.45) is 5.92 Å². The number of hydrogen-bond acceptors (Lipinski definition) is 2. The van der Waals surface area contributed by atoms with Gasteiger partial charge in [-0.1, -0.05) is 38.7 Å². The van der Waals surface area contributed by atoms with Crippen molar-refractivity contribution < 1.29 is 0 Å². The highest BCUT2D eigenvalue weighted by atomic mass is 15.1. The summed E-state index contributed by atoms with van der Waals surface area (Å²) in [7, 11) is 4.00. The molecular formula is C13H24N2. The zero-order valence-corrected chi connectivity index (χ0v) is 10.5. The van der Waals surface area contributed by atoms with E-state index in [1.54, 1.807) is 0 Å². The second-order valence-corrected chi connectivity index (χ2v) is 4.08. The second-order valence-electron chi connectivity index (χ2n) is 4.08. The maximum Gasteiger partial charge on any atom is 0.0299 e.